The second kappa shape index (κ2) is 8.61. The number of ether oxygens (including phenoxy) is 2. The number of rotatable bonds is 7. The van der Waals surface area contributed by atoms with Crippen LogP contribution in [0.3, 0.4) is 0 Å². The maximum Gasteiger partial charge on any atom is 0.308 e. The Bertz CT molecular complexity index is 919. The summed E-state index contributed by atoms with van der Waals surface area (Å²) in [5.74, 6) is -0.764. The summed E-state index contributed by atoms with van der Waals surface area (Å²) in [6.07, 6.45) is 2.10. The van der Waals surface area contributed by atoms with Gasteiger partial charge in [-0.2, -0.15) is 0 Å². The van der Waals surface area contributed by atoms with Crippen LogP contribution in [-0.4, -0.2) is 37.2 Å². The van der Waals surface area contributed by atoms with Gasteiger partial charge in [-0.1, -0.05) is 42.0 Å². The molecule has 146 valence electrons. The third-order valence-electron chi connectivity index (χ3n) is 4.65. The second-order valence-electron chi connectivity index (χ2n) is 6.78. The van der Waals surface area contributed by atoms with Gasteiger partial charge in [0.2, 0.25) is 0 Å². The minimum absolute atomic E-state index is 0.0460. The summed E-state index contributed by atoms with van der Waals surface area (Å²) in [6, 6.07) is 13.2. The minimum atomic E-state index is -0.939. The van der Waals surface area contributed by atoms with Crippen LogP contribution in [0.1, 0.15) is 16.7 Å². The van der Waals surface area contributed by atoms with Crippen molar-refractivity contribution in [2.24, 2.45) is 5.92 Å². The van der Waals surface area contributed by atoms with E-state index >= 15 is 0 Å². The summed E-state index contributed by atoms with van der Waals surface area (Å²) in [5.41, 5.74) is 3.21. The van der Waals surface area contributed by atoms with Crippen molar-refractivity contribution in [1.29, 1.82) is 0 Å². The summed E-state index contributed by atoms with van der Waals surface area (Å²) in [6.45, 7) is 2.11. The molecular weight excluding hydrogens is 358 g/mol. The molecule has 0 spiro atoms. The molecule has 0 fully saturated rings. The number of amides is 1. The average molecular weight is 381 g/mol. The van der Waals surface area contributed by atoms with E-state index < -0.39 is 11.9 Å². The number of carbonyl (C=O) groups excluding carboxylic acids is 1. The molecule has 2 N–H and O–H groups in total. The van der Waals surface area contributed by atoms with Crippen LogP contribution in [0.15, 0.2) is 48.0 Å². The van der Waals surface area contributed by atoms with E-state index in [9.17, 15) is 14.7 Å². The van der Waals surface area contributed by atoms with Gasteiger partial charge in [0.25, 0.3) is 5.91 Å². The zero-order valence-electron chi connectivity index (χ0n) is 15.9. The number of carbonyl (C=O) groups is 2. The number of fused-ring (bicyclic) bond motifs is 1. The van der Waals surface area contributed by atoms with E-state index in [0.717, 1.165) is 16.7 Å². The van der Waals surface area contributed by atoms with Crippen LogP contribution in [0.2, 0.25) is 0 Å². The standard InChI is InChI=1S/C22H23NO5/c1-14-5-3-6-15(9-14)10-17(22(25)26)12-23-21(24)18-11-16-7-4-8-19(27-2)20(16)28-13-18/h3-9,11,17H,10,12-13H2,1-2H3,(H,23,24)(H,25,26). The van der Waals surface area contributed by atoms with Gasteiger partial charge in [0.05, 0.1) is 18.6 Å². The summed E-state index contributed by atoms with van der Waals surface area (Å²) in [7, 11) is 1.56. The number of aliphatic carboxylic acids is 1. The number of carboxylic acid groups (broad SMARTS) is 1. The molecule has 1 heterocycles. The molecule has 0 radical (unpaired) electrons. The van der Waals surface area contributed by atoms with E-state index in [0.29, 0.717) is 23.5 Å². The minimum Gasteiger partial charge on any atom is -0.493 e. The first-order valence-electron chi connectivity index (χ1n) is 9.05. The van der Waals surface area contributed by atoms with Crippen molar-refractivity contribution in [2.75, 3.05) is 20.3 Å². The summed E-state index contributed by atoms with van der Waals surface area (Å²) in [4.78, 5) is 24.1. The Balaban J connectivity index is 1.66. The van der Waals surface area contributed by atoms with E-state index in [4.69, 9.17) is 9.47 Å². The molecule has 0 aromatic heterocycles. The summed E-state index contributed by atoms with van der Waals surface area (Å²) >= 11 is 0. The van der Waals surface area contributed by atoms with Gasteiger partial charge in [0.1, 0.15) is 6.61 Å². The van der Waals surface area contributed by atoms with Crippen LogP contribution < -0.4 is 14.8 Å². The predicted octanol–water partition coefficient (Wildman–Crippen LogP) is 2.84. The Hall–Kier alpha value is -3.28. The average Bonchev–Trinajstić information content (AvgIpc) is 2.69. The van der Waals surface area contributed by atoms with Gasteiger partial charge in [-0.25, -0.2) is 0 Å². The molecule has 1 aliphatic heterocycles. The Kier molecular flexibility index (Phi) is 5.99. The highest BCUT2D eigenvalue weighted by atomic mass is 16.5. The van der Waals surface area contributed by atoms with Crippen molar-refractivity contribution in [3.8, 4) is 11.5 Å². The molecule has 0 saturated heterocycles. The molecule has 1 aliphatic rings. The number of carboxylic acids is 1. The molecule has 2 aromatic carbocycles. The van der Waals surface area contributed by atoms with Crippen LogP contribution in [0.25, 0.3) is 6.08 Å². The normalized spacial score (nSPS) is 13.6. The number of hydrogen-bond acceptors (Lipinski definition) is 4. The number of benzene rings is 2. The molecule has 6 heteroatoms. The fourth-order valence-electron chi connectivity index (χ4n) is 3.17. The van der Waals surface area contributed by atoms with Crippen LogP contribution in [-0.2, 0) is 16.0 Å². The van der Waals surface area contributed by atoms with Crippen molar-refractivity contribution >= 4 is 18.0 Å². The van der Waals surface area contributed by atoms with Gasteiger partial charge in [0, 0.05) is 12.1 Å². The topological polar surface area (TPSA) is 84.9 Å². The fourth-order valence-corrected chi connectivity index (χ4v) is 3.17. The van der Waals surface area contributed by atoms with E-state index in [1.807, 2.05) is 43.3 Å². The third kappa shape index (κ3) is 4.52. The number of methoxy groups -OCH3 is 1. The number of aryl methyl sites for hydroxylation is 1. The zero-order chi connectivity index (χ0) is 20.1. The second-order valence-corrected chi connectivity index (χ2v) is 6.78. The van der Waals surface area contributed by atoms with Gasteiger partial charge in [-0.15, -0.1) is 0 Å². The van der Waals surface area contributed by atoms with Crippen LogP contribution in [0.5, 0.6) is 11.5 Å². The highest BCUT2D eigenvalue weighted by molar-refractivity contribution is 5.99. The number of para-hydroxylation sites is 1. The lowest BCUT2D eigenvalue weighted by molar-refractivity contribution is -0.141. The van der Waals surface area contributed by atoms with E-state index in [1.165, 1.54) is 0 Å². The van der Waals surface area contributed by atoms with Crippen LogP contribution in [0.4, 0.5) is 0 Å². The zero-order valence-corrected chi connectivity index (χ0v) is 15.9. The molecule has 0 bridgehead atoms. The van der Waals surface area contributed by atoms with Crippen molar-refractivity contribution in [3.05, 3.63) is 64.7 Å². The lowest BCUT2D eigenvalue weighted by atomic mass is 9.98. The van der Waals surface area contributed by atoms with E-state index in [2.05, 4.69) is 5.32 Å². The first-order chi connectivity index (χ1) is 13.5. The van der Waals surface area contributed by atoms with Crippen LogP contribution >= 0.6 is 0 Å². The number of hydrogen-bond donors (Lipinski definition) is 2. The first kappa shape index (κ1) is 19.5. The highest BCUT2D eigenvalue weighted by Crippen LogP contribution is 2.35. The highest BCUT2D eigenvalue weighted by Gasteiger charge is 2.23. The Labute approximate surface area is 163 Å². The molecule has 6 nitrogen and oxygen atoms in total. The fraction of sp³-hybridized carbons (Fsp3) is 0.273. The van der Waals surface area contributed by atoms with Gasteiger partial charge < -0.3 is 19.9 Å². The van der Waals surface area contributed by atoms with Crippen LogP contribution in [0, 0.1) is 12.8 Å². The number of nitrogens with one attached hydrogen (secondary N) is 1. The summed E-state index contributed by atoms with van der Waals surface area (Å²) in [5, 5.41) is 12.2. The molecule has 1 unspecified atom stereocenters. The molecule has 0 saturated carbocycles. The molecular formula is C22H23NO5. The molecule has 1 atom stereocenters. The van der Waals surface area contributed by atoms with Crippen molar-refractivity contribution in [3.63, 3.8) is 0 Å². The summed E-state index contributed by atoms with van der Waals surface area (Å²) < 4.78 is 10.9. The monoisotopic (exact) mass is 381 g/mol. The first-order valence-corrected chi connectivity index (χ1v) is 9.05. The lowest BCUT2D eigenvalue weighted by Crippen LogP contribution is -2.36. The smallest absolute Gasteiger partial charge is 0.308 e. The van der Waals surface area contributed by atoms with Gasteiger partial charge in [-0.3, -0.25) is 9.59 Å². The molecule has 1 amide bonds. The Morgan fingerprint density at radius 3 is 2.75 bits per heavy atom. The van der Waals surface area contributed by atoms with E-state index in [1.54, 1.807) is 19.3 Å². The quantitative estimate of drug-likeness (QED) is 0.770. The van der Waals surface area contributed by atoms with Gasteiger partial charge in [0.15, 0.2) is 11.5 Å². The largest absolute Gasteiger partial charge is 0.493 e. The predicted molar refractivity (Wildman–Crippen MR) is 105 cm³/mol. The maximum atomic E-state index is 12.5. The van der Waals surface area contributed by atoms with Gasteiger partial charge >= 0.3 is 5.97 Å². The van der Waals surface area contributed by atoms with Crippen molar-refractivity contribution < 1.29 is 24.2 Å². The molecule has 28 heavy (non-hydrogen) atoms. The SMILES string of the molecule is COc1cccc2c1OCC(C(=O)NCC(Cc1cccc(C)c1)C(=O)O)=C2. The van der Waals surface area contributed by atoms with Crippen molar-refractivity contribution in [1.82, 2.24) is 5.32 Å². The maximum absolute atomic E-state index is 12.5. The molecule has 0 aliphatic carbocycles. The molecule has 2 aromatic rings. The van der Waals surface area contributed by atoms with Crippen molar-refractivity contribution in [2.45, 2.75) is 13.3 Å². The Morgan fingerprint density at radius 1 is 1.25 bits per heavy atom. The third-order valence-corrected chi connectivity index (χ3v) is 4.65. The lowest BCUT2D eigenvalue weighted by Gasteiger charge is -2.20. The van der Waals surface area contributed by atoms with Gasteiger partial charge in [-0.05, 0) is 31.1 Å². The Morgan fingerprint density at radius 2 is 2.04 bits per heavy atom. The van der Waals surface area contributed by atoms with E-state index in [-0.39, 0.29) is 19.1 Å². The molecule has 3 rings (SSSR count).